The van der Waals surface area contributed by atoms with E-state index in [1.807, 2.05) is 6.07 Å². The number of carbonyl (C=O) groups is 2. The first kappa shape index (κ1) is 12.8. The summed E-state index contributed by atoms with van der Waals surface area (Å²) in [6.07, 6.45) is 3.29. The number of Topliss-reactive ketones (excluding diaryl/α,β-unsaturated/α-hetero) is 1. The maximum absolute atomic E-state index is 12.6. The van der Waals surface area contributed by atoms with Gasteiger partial charge in [0.2, 0.25) is 0 Å². The maximum Gasteiger partial charge on any atom is 0.259 e. The largest absolute Gasteiger partial charge is 0.307 e. The number of hydrogen-bond acceptors (Lipinski definition) is 3. The summed E-state index contributed by atoms with van der Waals surface area (Å²) < 4.78 is 0. The average Bonchev–Trinajstić information content (AvgIpc) is 2.48. The zero-order valence-corrected chi connectivity index (χ0v) is 11.3. The van der Waals surface area contributed by atoms with Crippen LogP contribution in [0.15, 0.2) is 42.7 Å². The third-order valence-corrected chi connectivity index (χ3v) is 3.61. The number of aromatic nitrogens is 1. The van der Waals surface area contributed by atoms with Crippen molar-refractivity contribution in [3.8, 4) is 0 Å². The van der Waals surface area contributed by atoms with Crippen molar-refractivity contribution in [2.75, 3.05) is 11.4 Å². The van der Waals surface area contributed by atoms with E-state index in [9.17, 15) is 9.59 Å². The van der Waals surface area contributed by atoms with Crippen LogP contribution in [0.1, 0.15) is 27.1 Å². The van der Waals surface area contributed by atoms with Crippen LogP contribution in [0.25, 0.3) is 0 Å². The van der Waals surface area contributed by atoms with Crippen molar-refractivity contribution in [2.45, 2.75) is 6.42 Å². The maximum atomic E-state index is 12.6. The summed E-state index contributed by atoms with van der Waals surface area (Å²) in [5.41, 5.74) is 1.62. The normalized spacial score (nSPS) is 14.1. The Bertz CT molecular complexity index is 700. The van der Waals surface area contributed by atoms with Gasteiger partial charge in [-0.1, -0.05) is 23.7 Å². The molecule has 0 radical (unpaired) electrons. The highest BCUT2D eigenvalue weighted by Gasteiger charge is 2.28. The molecule has 5 heteroatoms. The smallest absolute Gasteiger partial charge is 0.259 e. The lowest BCUT2D eigenvalue weighted by atomic mass is 9.99. The van der Waals surface area contributed by atoms with Crippen molar-refractivity contribution in [1.29, 1.82) is 0 Å². The molecule has 1 aromatic heterocycles. The van der Waals surface area contributed by atoms with E-state index in [4.69, 9.17) is 11.6 Å². The second-order valence-electron chi connectivity index (χ2n) is 4.50. The van der Waals surface area contributed by atoms with Gasteiger partial charge >= 0.3 is 0 Å². The van der Waals surface area contributed by atoms with E-state index < -0.39 is 0 Å². The fourth-order valence-corrected chi connectivity index (χ4v) is 2.52. The highest BCUT2D eigenvalue weighted by atomic mass is 35.5. The minimum Gasteiger partial charge on any atom is -0.307 e. The van der Waals surface area contributed by atoms with Crippen LogP contribution in [0.5, 0.6) is 0 Å². The number of halogens is 1. The van der Waals surface area contributed by atoms with Gasteiger partial charge in [0, 0.05) is 30.9 Å². The van der Waals surface area contributed by atoms with E-state index in [-0.39, 0.29) is 11.7 Å². The number of benzene rings is 1. The molecule has 0 bridgehead atoms. The Morgan fingerprint density at radius 2 is 2.05 bits per heavy atom. The third kappa shape index (κ3) is 2.08. The number of pyridine rings is 1. The number of ketones is 1. The van der Waals surface area contributed by atoms with Crippen LogP contribution < -0.4 is 4.90 Å². The third-order valence-electron chi connectivity index (χ3n) is 3.31. The van der Waals surface area contributed by atoms with Crippen molar-refractivity contribution >= 4 is 29.0 Å². The zero-order chi connectivity index (χ0) is 14.1. The molecule has 1 amide bonds. The van der Waals surface area contributed by atoms with Crippen molar-refractivity contribution in [3.05, 3.63) is 58.9 Å². The second kappa shape index (κ2) is 5.06. The predicted octanol–water partition coefficient (Wildman–Crippen LogP) is 2.97. The van der Waals surface area contributed by atoms with E-state index in [0.717, 1.165) is 0 Å². The van der Waals surface area contributed by atoms with Gasteiger partial charge in [0.1, 0.15) is 0 Å². The monoisotopic (exact) mass is 286 g/mol. The molecule has 1 aliphatic rings. The Kier molecular flexibility index (Phi) is 3.24. The Labute approximate surface area is 121 Å². The SMILES string of the molecule is O=C1CCN(C(=O)c2ccncc2Cl)c2ccccc21. The second-order valence-corrected chi connectivity index (χ2v) is 4.91. The summed E-state index contributed by atoms with van der Waals surface area (Å²) in [4.78, 5) is 29.9. The van der Waals surface area contributed by atoms with Crippen LogP contribution in [0.2, 0.25) is 5.02 Å². The Balaban J connectivity index is 2.04. The number of anilines is 1. The topological polar surface area (TPSA) is 50.3 Å². The number of hydrogen-bond donors (Lipinski definition) is 0. The van der Waals surface area contributed by atoms with Gasteiger partial charge in [-0.25, -0.2) is 0 Å². The van der Waals surface area contributed by atoms with Gasteiger partial charge in [0.25, 0.3) is 5.91 Å². The molecule has 0 atom stereocenters. The molecule has 4 nitrogen and oxygen atoms in total. The van der Waals surface area contributed by atoms with E-state index in [0.29, 0.717) is 34.8 Å². The van der Waals surface area contributed by atoms with Gasteiger partial charge in [-0.2, -0.15) is 0 Å². The molecule has 1 aliphatic heterocycles. The highest BCUT2D eigenvalue weighted by molar-refractivity contribution is 6.34. The minimum atomic E-state index is -0.211. The Morgan fingerprint density at radius 3 is 2.85 bits per heavy atom. The Morgan fingerprint density at radius 1 is 1.25 bits per heavy atom. The molecule has 3 rings (SSSR count). The fraction of sp³-hybridized carbons (Fsp3) is 0.133. The molecule has 0 fully saturated rings. The summed E-state index contributed by atoms with van der Waals surface area (Å²) in [5.74, 6) is -0.150. The molecule has 1 aromatic carbocycles. The first-order chi connectivity index (χ1) is 9.68. The Hall–Kier alpha value is -2.20. The van der Waals surface area contributed by atoms with E-state index in [2.05, 4.69) is 4.98 Å². The summed E-state index contributed by atoms with van der Waals surface area (Å²) in [6, 6.07) is 8.71. The van der Waals surface area contributed by atoms with Gasteiger partial charge in [0.15, 0.2) is 5.78 Å². The number of fused-ring (bicyclic) bond motifs is 1. The summed E-state index contributed by atoms with van der Waals surface area (Å²) in [5, 5.41) is 0.312. The standard InChI is InChI=1S/C15H11ClN2O2/c16-12-9-17-7-5-10(12)15(20)18-8-6-14(19)11-3-1-2-4-13(11)18/h1-5,7,9H,6,8H2. The van der Waals surface area contributed by atoms with Crippen LogP contribution in [0.3, 0.4) is 0 Å². The van der Waals surface area contributed by atoms with Gasteiger partial charge in [-0.05, 0) is 18.2 Å². The van der Waals surface area contributed by atoms with E-state index in [1.54, 1.807) is 29.2 Å². The molecule has 0 spiro atoms. The number of rotatable bonds is 1. The van der Waals surface area contributed by atoms with Crippen molar-refractivity contribution in [3.63, 3.8) is 0 Å². The zero-order valence-electron chi connectivity index (χ0n) is 10.5. The van der Waals surface area contributed by atoms with Crippen LogP contribution in [-0.2, 0) is 0 Å². The molecule has 100 valence electrons. The van der Waals surface area contributed by atoms with Gasteiger partial charge in [-0.15, -0.1) is 0 Å². The first-order valence-electron chi connectivity index (χ1n) is 6.22. The van der Waals surface area contributed by atoms with E-state index >= 15 is 0 Å². The van der Waals surface area contributed by atoms with Gasteiger partial charge < -0.3 is 4.90 Å². The summed E-state index contributed by atoms with van der Waals surface area (Å²) in [6.45, 7) is 0.368. The van der Waals surface area contributed by atoms with Gasteiger partial charge in [0.05, 0.1) is 16.3 Å². The predicted molar refractivity (Wildman–Crippen MR) is 76.3 cm³/mol. The number of carbonyl (C=O) groups excluding carboxylic acids is 2. The van der Waals surface area contributed by atoms with Crippen LogP contribution in [-0.4, -0.2) is 23.2 Å². The van der Waals surface area contributed by atoms with Crippen molar-refractivity contribution < 1.29 is 9.59 Å². The van der Waals surface area contributed by atoms with Crippen molar-refractivity contribution in [2.24, 2.45) is 0 Å². The first-order valence-corrected chi connectivity index (χ1v) is 6.60. The minimum absolute atomic E-state index is 0.0606. The van der Waals surface area contributed by atoms with Gasteiger partial charge in [-0.3, -0.25) is 14.6 Å². The molecule has 2 aromatic rings. The summed E-state index contributed by atoms with van der Waals surface area (Å²) >= 11 is 6.02. The van der Waals surface area contributed by atoms with Crippen LogP contribution in [0, 0.1) is 0 Å². The lowest BCUT2D eigenvalue weighted by Crippen LogP contribution is -2.37. The summed E-state index contributed by atoms with van der Waals surface area (Å²) in [7, 11) is 0. The molecular formula is C15H11ClN2O2. The molecular weight excluding hydrogens is 276 g/mol. The lowest BCUT2D eigenvalue weighted by molar-refractivity contribution is 0.0955. The number of amides is 1. The van der Waals surface area contributed by atoms with E-state index in [1.165, 1.54) is 12.4 Å². The molecule has 0 saturated carbocycles. The highest BCUT2D eigenvalue weighted by Crippen LogP contribution is 2.29. The molecule has 0 aliphatic carbocycles. The molecule has 20 heavy (non-hydrogen) atoms. The average molecular weight is 287 g/mol. The van der Waals surface area contributed by atoms with Crippen LogP contribution >= 0.6 is 11.6 Å². The quantitative estimate of drug-likeness (QED) is 0.810. The number of para-hydroxylation sites is 1. The molecule has 0 unspecified atom stereocenters. The van der Waals surface area contributed by atoms with Crippen LogP contribution in [0.4, 0.5) is 5.69 Å². The molecule has 0 saturated heterocycles. The lowest BCUT2D eigenvalue weighted by Gasteiger charge is -2.28. The number of nitrogens with zero attached hydrogens (tertiary/aromatic N) is 2. The molecule has 2 heterocycles. The molecule has 0 N–H and O–H groups in total. The fourth-order valence-electron chi connectivity index (χ4n) is 2.32. The van der Waals surface area contributed by atoms with Crippen molar-refractivity contribution in [1.82, 2.24) is 4.98 Å².